The Bertz CT molecular complexity index is 335. The van der Waals surface area contributed by atoms with Crippen molar-refractivity contribution < 1.29 is 4.74 Å². The Morgan fingerprint density at radius 2 is 1.90 bits per heavy atom. The second-order valence-electron chi connectivity index (χ2n) is 8.04. The maximum absolute atomic E-state index is 6.55. The van der Waals surface area contributed by atoms with Gasteiger partial charge in [0, 0.05) is 12.6 Å². The molecule has 4 unspecified atom stereocenters. The van der Waals surface area contributed by atoms with Crippen LogP contribution in [0.1, 0.15) is 58.8 Å². The van der Waals surface area contributed by atoms with E-state index in [1.807, 2.05) is 0 Å². The minimum Gasteiger partial charge on any atom is -0.375 e. The number of ether oxygens (including phenoxy) is 1. The summed E-state index contributed by atoms with van der Waals surface area (Å²) < 4.78 is 6.28. The van der Waals surface area contributed by atoms with Gasteiger partial charge in [0.25, 0.3) is 0 Å². The third kappa shape index (κ3) is 3.61. The molecule has 0 aromatic carbocycles. The van der Waals surface area contributed by atoms with Crippen LogP contribution in [0.5, 0.6) is 0 Å². The van der Waals surface area contributed by atoms with Gasteiger partial charge in [-0.25, -0.2) is 0 Å². The number of rotatable bonds is 2. The van der Waals surface area contributed by atoms with Crippen LogP contribution in [0.3, 0.4) is 0 Å². The quantitative estimate of drug-likeness (QED) is 0.834. The predicted octanol–water partition coefficient (Wildman–Crippen LogP) is 4.08. The Kier molecular flexibility index (Phi) is 5.23. The Morgan fingerprint density at radius 3 is 2.62 bits per heavy atom. The van der Waals surface area contributed by atoms with Gasteiger partial charge in [-0.1, -0.05) is 13.8 Å². The first-order valence-electron chi connectivity index (χ1n) is 9.07. The molecule has 1 spiro atoms. The van der Waals surface area contributed by atoms with Crippen molar-refractivity contribution in [2.24, 2.45) is 29.4 Å². The molecule has 3 aliphatic rings. The molecule has 3 fully saturated rings. The van der Waals surface area contributed by atoms with Gasteiger partial charge in [-0.05, 0) is 80.1 Å². The average molecular weight is 312 g/mol. The largest absolute Gasteiger partial charge is 0.375 e. The number of nitrogens with two attached hydrogens (primary N) is 1. The van der Waals surface area contributed by atoms with Gasteiger partial charge in [-0.3, -0.25) is 0 Å². The predicted molar refractivity (Wildman–Crippen MR) is 91.6 cm³/mol. The van der Waals surface area contributed by atoms with Crippen molar-refractivity contribution in [3.8, 4) is 0 Å². The van der Waals surface area contributed by atoms with Crippen molar-refractivity contribution in [2.45, 2.75) is 70.4 Å². The van der Waals surface area contributed by atoms with Gasteiger partial charge in [-0.2, -0.15) is 11.8 Å². The lowest BCUT2D eigenvalue weighted by Gasteiger charge is -2.48. The zero-order valence-corrected chi connectivity index (χ0v) is 14.7. The molecule has 2 N–H and O–H groups in total. The highest BCUT2D eigenvalue weighted by atomic mass is 32.2. The van der Waals surface area contributed by atoms with Crippen molar-refractivity contribution in [1.29, 1.82) is 0 Å². The molecule has 3 rings (SSSR count). The highest BCUT2D eigenvalue weighted by Crippen LogP contribution is 2.46. The summed E-state index contributed by atoms with van der Waals surface area (Å²) in [7, 11) is 0. The number of thioether (sulfide) groups is 1. The summed E-state index contributed by atoms with van der Waals surface area (Å²) in [4.78, 5) is 0. The fraction of sp³-hybridized carbons (Fsp3) is 1.00. The van der Waals surface area contributed by atoms with Crippen LogP contribution in [0.2, 0.25) is 0 Å². The summed E-state index contributed by atoms with van der Waals surface area (Å²) in [5.74, 6) is 5.87. The lowest BCUT2D eigenvalue weighted by molar-refractivity contribution is -0.116. The molecule has 122 valence electrons. The Balaban J connectivity index is 1.66. The topological polar surface area (TPSA) is 35.2 Å². The Labute approximate surface area is 135 Å². The van der Waals surface area contributed by atoms with Gasteiger partial charge < -0.3 is 10.5 Å². The molecular formula is C18H33NOS. The first-order valence-corrected chi connectivity index (χ1v) is 10.2. The summed E-state index contributed by atoms with van der Waals surface area (Å²) in [6.07, 6.45) is 9.03. The van der Waals surface area contributed by atoms with E-state index in [9.17, 15) is 0 Å². The van der Waals surface area contributed by atoms with Gasteiger partial charge >= 0.3 is 0 Å². The monoisotopic (exact) mass is 311 g/mol. The van der Waals surface area contributed by atoms with Crippen LogP contribution in [-0.2, 0) is 4.74 Å². The smallest absolute Gasteiger partial charge is 0.0701 e. The van der Waals surface area contributed by atoms with E-state index in [2.05, 4.69) is 25.6 Å². The normalized spacial score (nSPS) is 40.6. The number of hydrogen-bond donors (Lipinski definition) is 1. The first kappa shape index (κ1) is 16.1. The summed E-state index contributed by atoms with van der Waals surface area (Å²) in [5, 5.41) is 0. The zero-order valence-electron chi connectivity index (χ0n) is 13.9. The molecule has 0 aromatic heterocycles. The van der Waals surface area contributed by atoms with Crippen LogP contribution in [0, 0.1) is 23.7 Å². The third-order valence-corrected chi connectivity index (χ3v) is 7.46. The Morgan fingerprint density at radius 1 is 1.14 bits per heavy atom. The molecular weight excluding hydrogens is 278 g/mol. The fourth-order valence-corrected chi connectivity index (χ4v) is 6.17. The minimum absolute atomic E-state index is 0.221. The van der Waals surface area contributed by atoms with Gasteiger partial charge in [-0.15, -0.1) is 0 Å². The van der Waals surface area contributed by atoms with Crippen molar-refractivity contribution in [3.63, 3.8) is 0 Å². The average Bonchev–Trinajstić information content (AvgIpc) is 2.48. The van der Waals surface area contributed by atoms with E-state index in [0.717, 1.165) is 30.3 Å². The van der Waals surface area contributed by atoms with Crippen LogP contribution in [0.25, 0.3) is 0 Å². The van der Waals surface area contributed by atoms with Crippen LogP contribution in [0.4, 0.5) is 0 Å². The molecule has 0 radical (unpaired) electrons. The molecule has 0 amide bonds. The molecule has 4 atom stereocenters. The molecule has 1 saturated carbocycles. The zero-order chi connectivity index (χ0) is 14.9. The van der Waals surface area contributed by atoms with Crippen molar-refractivity contribution in [3.05, 3.63) is 0 Å². The Hall–Kier alpha value is 0.270. The van der Waals surface area contributed by atoms with E-state index in [4.69, 9.17) is 10.5 Å². The van der Waals surface area contributed by atoms with Crippen molar-refractivity contribution >= 4 is 11.8 Å². The van der Waals surface area contributed by atoms with E-state index in [-0.39, 0.29) is 5.60 Å². The van der Waals surface area contributed by atoms with Crippen LogP contribution in [-0.4, -0.2) is 29.8 Å². The molecule has 0 aromatic rings. The highest BCUT2D eigenvalue weighted by Gasteiger charge is 2.43. The van der Waals surface area contributed by atoms with E-state index >= 15 is 0 Å². The lowest BCUT2D eigenvalue weighted by atomic mass is 9.65. The van der Waals surface area contributed by atoms with E-state index in [1.54, 1.807) is 0 Å². The van der Waals surface area contributed by atoms with Gasteiger partial charge in [0.2, 0.25) is 0 Å². The van der Waals surface area contributed by atoms with Crippen LogP contribution in [0.15, 0.2) is 0 Å². The SMILES string of the molecule is CC(C)C1CCC(N)C(C2CCOC3(CCSCC3)C2)C1. The molecule has 2 nitrogen and oxygen atoms in total. The summed E-state index contributed by atoms with van der Waals surface area (Å²) in [6, 6.07) is 0.443. The lowest BCUT2D eigenvalue weighted by Crippen LogP contribution is -2.49. The first-order chi connectivity index (χ1) is 10.1. The van der Waals surface area contributed by atoms with Gasteiger partial charge in [0.05, 0.1) is 5.60 Å². The number of hydrogen-bond acceptors (Lipinski definition) is 3. The summed E-state index contributed by atoms with van der Waals surface area (Å²) in [5.41, 5.74) is 6.77. The van der Waals surface area contributed by atoms with E-state index in [1.165, 1.54) is 56.5 Å². The molecule has 0 bridgehead atoms. The van der Waals surface area contributed by atoms with Gasteiger partial charge in [0.1, 0.15) is 0 Å². The second kappa shape index (κ2) is 6.80. The van der Waals surface area contributed by atoms with Crippen molar-refractivity contribution in [1.82, 2.24) is 0 Å². The maximum Gasteiger partial charge on any atom is 0.0701 e. The molecule has 2 aliphatic heterocycles. The molecule has 2 heterocycles. The third-order valence-electron chi connectivity index (χ3n) is 6.48. The second-order valence-corrected chi connectivity index (χ2v) is 9.27. The summed E-state index contributed by atoms with van der Waals surface area (Å²) >= 11 is 2.10. The fourth-order valence-electron chi connectivity index (χ4n) is 4.93. The molecule has 1 aliphatic carbocycles. The molecule has 21 heavy (non-hydrogen) atoms. The molecule has 3 heteroatoms. The van der Waals surface area contributed by atoms with Crippen molar-refractivity contribution in [2.75, 3.05) is 18.1 Å². The molecule has 2 saturated heterocycles. The van der Waals surface area contributed by atoms with Gasteiger partial charge in [0.15, 0.2) is 0 Å². The maximum atomic E-state index is 6.55. The van der Waals surface area contributed by atoms with E-state index < -0.39 is 0 Å². The summed E-state index contributed by atoms with van der Waals surface area (Å²) in [6.45, 7) is 5.76. The van der Waals surface area contributed by atoms with E-state index in [0.29, 0.717) is 6.04 Å². The van der Waals surface area contributed by atoms with Crippen LogP contribution < -0.4 is 5.73 Å². The van der Waals surface area contributed by atoms with Crippen LogP contribution >= 0.6 is 11.8 Å². The standard InChI is InChI=1S/C18H33NOS/c1-13(2)14-3-4-17(19)16(11-14)15-5-8-20-18(12-15)6-9-21-10-7-18/h13-17H,3-12,19H2,1-2H3. The minimum atomic E-state index is 0.221. The highest BCUT2D eigenvalue weighted by molar-refractivity contribution is 7.99.